The summed E-state index contributed by atoms with van der Waals surface area (Å²) in [6.45, 7) is 10.2. The van der Waals surface area contributed by atoms with Gasteiger partial charge in [0, 0.05) is 30.2 Å². The SMILES string of the molecule is CCn1c(C)cc(CNc2ccc(O)c(C)c2)c1C. The average molecular weight is 258 g/mol. The van der Waals surface area contributed by atoms with Crippen LogP contribution in [0, 0.1) is 20.8 Å². The van der Waals surface area contributed by atoms with Gasteiger partial charge in [0.05, 0.1) is 0 Å². The summed E-state index contributed by atoms with van der Waals surface area (Å²) >= 11 is 0. The Balaban J connectivity index is 2.12. The monoisotopic (exact) mass is 258 g/mol. The number of nitrogens with zero attached hydrogens (tertiary/aromatic N) is 1. The molecule has 3 heteroatoms. The highest BCUT2D eigenvalue weighted by Crippen LogP contribution is 2.21. The highest BCUT2D eigenvalue weighted by Gasteiger charge is 2.07. The number of phenolic OH excluding ortho intramolecular Hbond substituents is 1. The van der Waals surface area contributed by atoms with Crippen molar-refractivity contribution in [2.45, 2.75) is 40.8 Å². The van der Waals surface area contributed by atoms with Gasteiger partial charge in [-0.25, -0.2) is 0 Å². The van der Waals surface area contributed by atoms with E-state index in [0.29, 0.717) is 5.75 Å². The Kier molecular flexibility index (Phi) is 3.84. The molecule has 2 rings (SSSR count). The number of aromatic hydroxyl groups is 1. The van der Waals surface area contributed by atoms with Crippen molar-refractivity contribution in [1.29, 1.82) is 0 Å². The van der Waals surface area contributed by atoms with E-state index in [1.54, 1.807) is 6.07 Å². The molecule has 0 aliphatic rings. The Labute approximate surface area is 114 Å². The zero-order chi connectivity index (χ0) is 14.0. The zero-order valence-electron chi connectivity index (χ0n) is 12.1. The normalized spacial score (nSPS) is 10.7. The van der Waals surface area contributed by atoms with Crippen molar-refractivity contribution < 1.29 is 5.11 Å². The lowest BCUT2D eigenvalue weighted by Crippen LogP contribution is -2.03. The maximum absolute atomic E-state index is 9.51. The number of benzene rings is 1. The second kappa shape index (κ2) is 5.39. The summed E-state index contributed by atoms with van der Waals surface area (Å²) in [5.41, 5.74) is 5.88. The second-order valence-electron chi connectivity index (χ2n) is 5.00. The zero-order valence-corrected chi connectivity index (χ0v) is 12.1. The molecule has 2 N–H and O–H groups in total. The molecule has 1 aromatic heterocycles. The van der Waals surface area contributed by atoms with Gasteiger partial charge < -0.3 is 15.0 Å². The predicted octanol–water partition coefficient (Wildman–Crippen LogP) is 3.75. The van der Waals surface area contributed by atoms with E-state index in [-0.39, 0.29) is 0 Å². The Morgan fingerprint density at radius 3 is 2.47 bits per heavy atom. The minimum absolute atomic E-state index is 0.342. The van der Waals surface area contributed by atoms with Crippen LogP contribution in [0.1, 0.15) is 29.4 Å². The maximum Gasteiger partial charge on any atom is 0.118 e. The van der Waals surface area contributed by atoms with Crippen LogP contribution in [0.3, 0.4) is 0 Å². The van der Waals surface area contributed by atoms with E-state index in [0.717, 1.165) is 24.3 Å². The standard InChI is InChI=1S/C16H22N2O/c1-5-18-12(3)9-14(13(18)4)10-17-15-6-7-16(19)11(2)8-15/h6-9,17,19H,5,10H2,1-4H3. The number of aromatic nitrogens is 1. The van der Waals surface area contributed by atoms with Gasteiger partial charge in [0.2, 0.25) is 0 Å². The molecular formula is C16H22N2O. The first kappa shape index (κ1) is 13.5. The number of hydrogen-bond acceptors (Lipinski definition) is 2. The molecule has 0 amide bonds. The minimum Gasteiger partial charge on any atom is -0.508 e. The van der Waals surface area contributed by atoms with Crippen molar-refractivity contribution in [1.82, 2.24) is 4.57 Å². The molecule has 1 aromatic carbocycles. The van der Waals surface area contributed by atoms with Crippen LogP contribution in [0.15, 0.2) is 24.3 Å². The summed E-state index contributed by atoms with van der Waals surface area (Å²) in [6.07, 6.45) is 0. The number of aryl methyl sites for hydroxylation is 2. The summed E-state index contributed by atoms with van der Waals surface area (Å²) in [4.78, 5) is 0. The minimum atomic E-state index is 0.342. The number of anilines is 1. The molecule has 3 nitrogen and oxygen atoms in total. The van der Waals surface area contributed by atoms with Gasteiger partial charge in [-0.2, -0.15) is 0 Å². The fraction of sp³-hybridized carbons (Fsp3) is 0.375. The number of rotatable bonds is 4. The van der Waals surface area contributed by atoms with Gasteiger partial charge in [-0.1, -0.05) is 0 Å². The number of nitrogens with one attached hydrogen (secondary N) is 1. The predicted molar refractivity (Wildman–Crippen MR) is 79.8 cm³/mol. The third-order valence-corrected chi connectivity index (χ3v) is 3.67. The molecule has 0 fully saturated rings. The van der Waals surface area contributed by atoms with E-state index in [4.69, 9.17) is 0 Å². The van der Waals surface area contributed by atoms with Gasteiger partial charge >= 0.3 is 0 Å². The van der Waals surface area contributed by atoms with Gasteiger partial charge in [-0.15, -0.1) is 0 Å². The first-order valence-electron chi connectivity index (χ1n) is 6.72. The molecule has 102 valence electrons. The van der Waals surface area contributed by atoms with Crippen LogP contribution >= 0.6 is 0 Å². The van der Waals surface area contributed by atoms with Crippen molar-refractivity contribution >= 4 is 5.69 Å². The lowest BCUT2D eigenvalue weighted by atomic mass is 10.2. The molecule has 0 aliphatic heterocycles. The Hall–Kier alpha value is -1.90. The second-order valence-corrected chi connectivity index (χ2v) is 5.00. The Morgan fingerprint density at radius 2 is 1.89 bits per heavy atom. The third-order valence-electron chi connectivity index (χ3n) is 3.67. The Morgan fingerprint density at radius 1 is 1.16 bits per heavy atom. The van der Waals surface area contributed by atoms with Crippen LogP contribution in [0.2, 0.25) is 0 Å². The number of hydrogen-bond donors (Lipinski definition) is 2. The lowest BCUT2D eigenvalue weighted by molar-refractivity contribution is 0.471. The molecule has 0 bridgehead atoms. The molecule has 0 aliphatic carbocycles. The molecular weight excluding hydrogens is 236 g/mol. The topological polar surface area (TPSA) is 37.2 Å². The summed E-state index contributed by atoms with van der Waals surface area (Å²) in [5.74, 6) is 0.342. The fourth-order valence-electron chi connectivity index (χ4n) is 2.50. The Bertz CT molecular complexity index is 585. The van der Waals surface area contributed by atoms with Gasteiger partial charge in [-0.05, 0) is 63.1 Å². The van der Waals surface area contributed by atoms with Crippen LogP contribution in [-0.4, -0.2) is 9.67 Å². The van der Waals surface area contributed by atoms with Crippen LogP contribution in [0.5, 0.6) is 5.75 Å². The molecule has 0 radical (unpaired) electrons. The maximum atomic E-state index is 9.51. The van der Waals surface area contributed by atoms with Crippen molar-refractivity contribution in [2.24, 2.45) is 0 Å². The highest BCUT2D eigenvalue weighted by molar-refractivity contribution is 5.50. The van der Waals surface area contributed by atoms with Gasteiger partial charge in [0.1, 0.15) is 5.75 Å². The van der Waals surface area contributed by atoms with Crippen LogP contribution in [0.4, 0.5) is 5.69 Å². The van der Waals surface area contributed by atoms with E-state index in [1.807, 2.05) is 19.1 Å². The van der Waals surface area contributed by atoms with E-state index in [9.17, 15) is 5.11 Å². The molecule has 0 atom stereocenters. The van der Waals surface area contributed by atoms with Crippen LogP contribution < -0.4 is 5.32 Å². The summed E-state index contributed by atoms with van der Waals surface area (Å²) in [6, 6.07) is 7.84. The first-order chi connectivity index (χ1) is 9.02. The van der Waals surface area contributed by atoms with E-state index < -0.39 is 0 Å². The summed E-state index contributed by atoms with van der Waals surface area (Å²) < 4.78 is 2.32. The summed E-state index contributed by atoms with van der Waals surface area (Å²) in [5, 5.41) is 12.9. The molecule has 2 aromatic rings. The van der Waals surface area contributed by atoms with Gasteiger partial charge in [-0.3, -0.25) is 0 Å². The third kappa shape index (κ3) is 2.75. The largest absolute Gasteiger partial charge is 0.508 e. The van der Waals surface area contributed by atoms with Gasteiger partial charge in [0.25, 0.3) is 0 Å². The molecule has 0 spiro atoms. The van der Waals surface area contributed by atoms with Crippen LogP contribution in [0.25, 0.3) is 0 Å². The van der Waals surface area contributed by atoms with Crippen LogP contribution in [-0.2, 0) is 13.1 Å². The summed E-state index contributed by atoms with van der Waals surface area (Å²) in [7, 11) is 0. The smallest absolute Gasteiger partial charge is 0.118 e. The average Bonchev–Trinajstić information content (AvgIpc) is 2.65. The van der Waals surface area contributed by atoms with E-state index >= 15 is 0 Å². The van der Waals surface area contributed by atoms with Crippen molar-refractivity contribution in [3.63, 3.8) is 0 Å². The molecule has 0 saturated heterocycles. The lowest BCUT2D eigenvalue weighted by Gasteiger charge is -2.09. The van der Waals surface area contributed by atoms with E-state index in [2.05, 4.69) is 36.7 Å². The molecule has 0 unspecified atom stereocenters. The molecule has 0 saturated carbocycles. The van der Waals surface area contributed by atoms with Crippen molar-refractivity contribution in [3.8, 4) is 5.75 Å². The number of phenols is 1. The molecule has 19 heavy (non-hydrogen) atoms. The molecule has 1 heterocycles. The van der Waals surface area contributed by atoms with Crippen molar-refractivity contribution in [2.75, 3.05) is 5.32 Å². The highest BCUT2D eigenvalue weighted by atomic mass is 16.3. The quantitative estimate of drug-likeness (QED) is 0.819. The fourth-order valence-corrected chi connectivity index (χ4v) is 2.50. The van der Waals surface area contributed by atoms with Crippen molar-refractivity contribution in [3.05, 3.63) is 46.8 Å². The van der Waals surface area contributed by atoms with E-state index in [1.165, 1.54) is 17.0 Å². The van der Waals surface area contributed by atoms with Gasteiger partial charge in [0.15, 0.2) is 0 Å². The first-order valence-corrected chi connectivity index (χ1v) is 6.72.